The van der Waals surface area contributed by atoms with Crippen molar-refractivity contribution < 1.29 is 9.53 Å². The fraction of sp³-hybridized carbons (Fsp3) is 0.423. The maximum atomic E-state index is 13.4. The molecule has 5 atom stereocenters. The molecule has 2 aliphatic carbocycles. The summed E-state index contributed by atoms with van der Waals surface area (Å²) in [6, 6.07) is 18.8. The van der Waals surface area contributed by atoms with Gasteiger partial charge < -0.3 is 4.74 Å². The number of carbonyl (C=O) groups is 1. The standard InChI is InChI=1S/C26H26O2S/c1-25(2)17-13-14-26(25,3)23-20(17)19-16-11-7-8-12-18(16)28-24(27)21(19)22(29-23)15-9-5-4-6-10-15/h4-12,17,19,21-22H,13-14H2,1-3H3/t17-,19+,21-,22+,26+/m1/s1. The third-order valence-corrected chi connectivity index (χ3v) is 10.2. The first kappa shape index (κ1) is 17.8. The van der Waals surface area contributed by atoms with E-state index in [2.05, 4.69) is 63.2 Å². The van der Waals surface area contributed by atoms with E-state index < -0.39 is 0 Å². The second kappa shape index (κ2) is 5.78. The van der Waals surface area contributed by atoms with Gasteiger partial charge in [0, 0.05) is 22.1 Å². The molecule has 6 rings (SSSR count). The van der Waals surface area contributed by atoms with Crippen molar-refractivity contribution in [2.24, 2.45) is 22.7 Å². The Kier molecular flexibility index (Phi) is 3.56. The summed E-state index contributed by atoms with van der Waals surface area (Å²) >= 11 is 1.96. The first-order valence-corrected chi connectivity index (χ1v) is 11.6. The van der Waals surface area contributed by atoms with E-state index in [9.17, 15) is 4.79 Å². The summed E-state index contributed by atoms with van der Waals surface area (Å²) in [6.45, 7) is 7.37. The summed E-state index contributed by atoms with van der Waals surface area (Å²) in [5, 5.41) is 0.104. The van der Waals surface area contributed by atoms with Crippen LogP contribution in [0.5, 0.6) is 5.75 Å². The number of ether oxygens (including phenoxy) is 1. The molecule has 1 saturated carbocycles. The Bertz CT molecular complexity index is 1050. The molecule has 0 amide bonds. The number of hydrogen-bond donors (Lipinski definition) is 0. The minimum absolute atomic E-state index is 0.0627. The van der Waals surface area contributed by atoms with Crippen molar-refractivity contribution in [2.45, 2.75) is 44.8 Å². The van der Waals surface area contributed by atoms with Crippen molar-refractivity contribution >= 4 is 17.7 Å². The molecule has 2 nitrogen and oxygen atoms in total. The van der Waals surface area contributed by atoms with Crippen LogP contribution in [-0.4, -0.2) is 5.97 Å². The zero-order valence-electron chi connectivity index (χ0n) is 17.1. The molecule has 0 radical (unpaired) electrons. The van der Waals surface area contributed by atoms with Crippen molar-refractivity contribution in [3.05, 3.63) is 76.2 Å². The van der Waals surface area contributed by atoms with Gasteiger partial charge in [0.25, 0.3) is 0 Å². The van der Waals surface area contributed by atoms with E-state index in [1.165, 1.54) is 24.0 Å². The molecule has 1 fully saturated rings. The van der Waals surface area contributed by atoms with Gasteiger partial charge in [-0.3, -0.25) is 4.79 Å². The number of carbonyl (C=O) groups excluding carboxylic acids is 1. The van der Waals surface area contributed by atoms with Crippen LogP contribution in [0.2, 0.25) is 0 Å². The summed E-state index contributed by atoms with van der Waals surface area (Å²) in [6.07, 6.45) is 2.49. The molecule has 29 heavy (non-hydrogen) atoms. The highest BCUT2D eigenvalue weighted by molar-refractivity contribution is 8.03. The summed E-state index contributed by atoms with van der Waals surface area (Å²) in [4.78, 5) is 14.9. The van der Waals surface area contributed by atoms with Gasteiger partial charge in [0.05, 0.1) is 5.92 Å². The van der Waals surface area contributed by atoms with E-state index in [-0.39, 0.29) is 33.9 Å². The summed E-state index contributed by atoms with van der Waals surface area (Å²) in [5.41, 5.74) is 4.43. The highest BCUT2D eigenvalue weighted by atomic mass is 32.2. The third-order valence-electron chi connectivity index (χ3n) is 8.50. The minimum atomic E-state index is -0.158. The van der Waals surface area contributed by atoms with Gasteiger partial charge >= 0.3 is 5.97 Å². The van der Waals surface area contributed by atoms with Crippen molar-refractivity contribution in [1.82, 2.24) is 0 Å². The molecule has 0 saturated heterocycles. The Labute approximate surface area is 176 Å². The molecule has 2 aromatic rings. The quantitative estimate of drug-likeness (QED) is 0.402. The van der Waals surface area contributed by atoms with E-state index in [0.717, 1.165) is 5.75 Å². The number of fused-ring (bicyclic) bond motifs is 8. The van der Waals surface area contributed by atoms with E-state index in [0.29, 0.717) is 5.92 Å². The lowest BCUT2D eigenvalue weighted by molar-refractivity contribution is -0.141. The Balaban J connectivity index is 1.61. The third kappa shape index (κ3) is 2.12. The van der Waals surface area contributed by atoms with Crippen LogP contribution >= 0.6 is 11.8 Å². The molecular weight excluding hydrogens is 376 g/mol. The molecule has 2 heterocycles. The van der Waals surface area contributed by atoms with Crippen molar-refractivity contribution in [2.75, 3.05) is 0 Å². The lowest BCUT2D eigenvalue weighted by Gasteiger charge is -2.45. The van der Waals surface area contributed by atoms with Crippen LogP contribution in [0, 0.1) is 22.7 Å². The first-order valence-electron chi connectivity index (χ1n) is 10.7. The highest BCUT2D eigenvalue weighted by Crippen LogP contribution is 2.77. The smallest absolute Gasteiger partial charge is 0.316 e. The van der Waals surface area contributed by atoms with Crippen LogP contribution < -0.4 is 4.74 Å². The van der Waals surface area contributed by atoms with Gasteiger partial charge in [-0.2, -0.15) is 0 Å². The van der Waals surface area contributed by atoms with Crippen molar-refractivity contribution in [3.63, 3.8) is 0 Å². The number of esters is 1. The van der Waals surface area contributed by atoms with Crippen LogP contribution in [0.4, 0.5) is 0 Å². The molecule has 3 heteroatoms. The average Bonchev–Trinajstić information content (AvgIpc) is 3.06. The van der Waals surface area contributed by atoms with Gasteiger partial charge in [-0.1, -0.05) is 69.3 Å². The number of para-hydroxylation sites is 1. The maximum Gasteiger partial charge on any atom is 0.316 e. The molecule has 0 aromatic heterocycles. The Hall–Kier alpha value is -2.00. The largest absolute Gasteiger partial charge is 0.426 e. The maximum absolute atomic E-state index is 13.4. The Morgan fingerprint density at radius 3 is 2.52 bits per heavy atom. The molecular formula is C26H26O2S. The SMILES string of the molecule is CC1(C)[C@@H]2CC[C@@]1(C)C1=C2[C@@H]2c3ccccc3OC(=O)[C@H]2[C@H](c2ccccc2)S1. The molecule has 2 aromatic carbocycles. The van der Waals surface area contributed by atoms with Gasteiger partial charge in [0.2, 0.25) is 0 Å². The van der Waals surface area contributed by atoms with Crippen molar-refractivity contribution in [3.8, 4) is 5.75 Å². The molecule has 4 aliphatic rings. The monoisotopic (exact) mass is 402 g/mol. The number of rotatable bonds is 1. The average molecular weight is 403 g/mol. The lowest BCUT2D eigenvalue weighted by Crippen LogP contribution is -2.39. The summed E-state index contributed by atoms with van der Waals surface area (Å²) < 4.78 is 5.88. The minimum Gasteiger partial charge on any atom is -0.426 e. The van der Waals surface area contributed by atoms with Crippen LogP contribution in [0.25, 0.3) is 0 Å². The molecule has 2 bridgehead atoms. The Morgan fingerprint density at radius 1 is 1.00 bits per heavy atom. The van der Waals surface area contributed by atoms with Crippen LogP contribution in [0.15, 0.2) is 65.1 Å². The zero-order valence-corrected chi connectivity index (χ0v) is 18.0. The zero-order chi connectivity index (χ0) is 20.0. The van der Waals surface area contributed by atoms with Gasteiger partial charge in [-0.15, -0.1) is 11.8 Å². The predicted octanol–water partition coefficient (Wildman–Crippen LogP) is 6.50. The topological polar surface area (TPSA) is 26.3 Å². The second-order valence-electron chi connectivity index (χ2n) is 9.84. The molecule has 0 unspecified atom stereocenters. The lowest BCUT2D eigenvalue weighted by atomic mass is 9.68. The van der Waals surface area contributed by atoms with E-state index >= 15 is 0 Å². The van der Waals surface area contributed by atoms with Crippen LogP contribution in [0.1, 0.15) is 55.9 Å². The molecule has 0 spiro atoms. The Morgan fingerprint density at radius 2 is 1.72 bits per heavy atom. The van der Waals surface area contributed by atoms with Crippen LogP contribution in [0.3, 0.4) is 0 Å². The van der Waals surface area contributed by atoms with Gasteiger partial charge in [-0.25, -0.2) is 0 Å². The van der Waals surface area contributed by atoms with Gasteiger partial charge in [0.1, 0.15) is 5.75 Å². The number of thioether (sulfide) groups is 1. The molecule has 0 N–H and O–H groups in total. The summed E-state index contributed by atoms with van der Waals surface area (Å²) in [7, 11) is 0. The molecule has 148 valence electrons. The highest BCUT2D eigenvalue weighted by Gasteiger charge is 2.66. The normalized spacial score (nSPS) is 36.3. The predicted molar refractivity (Wildman–Crippen MR) is 117 cm³/mol. The van der Waals surface area contributed by atoms with Gasteiger partial charge in [-0.05, 0) is 46.3 Å². The van der Waals surface area contributed by atoms with E-state index in [1.807, 2.05) is 23.9 Å². The second-order valence-corrected chi connectivity index (χ2v) is 11.0. The fourth-order valence-corrected chi connectivity index (χ4v) is 8.59. The van der Waals surface area contributed by atoms with Crippen LogP contribution in [-0.2, 0) is 4.79 Å². The van der Waals surface area contributed by atoms with E-state index in [1.54, 1.807) is 10.5 Å². The van der Waals surface area contributed by atoms with Gasteiger partial charge in [0.15, 0.2) is 0 Å². The first-order chi connectivity index (χ1) is 13.9. The number of benzene rings is 2. The fourth-order valence-electron chi connectivity index (χ4n) is 6.60. The molecule has 2 aliphatic heterocycles. The number of allylic oxidation sites excluding steroid dienone is 2. The van der Waals surface area contributed by atoms with E-state index in [4.69, 9.17) is 4.74 Å². The number of hydrogen-bond acceptors (Lipinski definition) is 3. The van der Waals surface area contributed by atoms with Crippen molar-refractivity contribution in [1.29, 1.82) is 0 Å². The summed E-state index contributed by atoms with van der Waals surface area (Å²) in [5.74, 6) is 1.23.